The lowest BCUT2D eigenvalue weighted by atomic mass is 10.2. The van der Waals surface area contributed by atoms with Crippen LogP contribution in [0.4, 0.5) is 0 Å². The number of pyridine rings is 1. The smallest absolute Gasteiger partial charge is 0.357 e. The van der Waals surface area contributed by atoms with E-state index in [-0.39, 0.29) is 33.7 Å². The highest BCUT2D eigenvalue weighted by Gasteiger charge is 2.20. The molecule has 0 atom stereocenters. The van der Waals surface area contributed by atoms with Crippen LogP contribution in [-0.4, -0.2) is 57.6 Å². The Morgan fingerprint density at radius 2 is 1.65 bits per heavy atom. The fourth-order valence-corrected chi connectivity index (χ4v) is 3.29. The molecule has 1 aromatic carbocycles. The summed E-state index contributed by atoms with van der Waals surface area (Å²) in [5.41, 5.74) is 0.195. The number of hydrogen-bond donors (Lipinski definition) is 2. The van der Waals surface area contributed by atoms with E-state index in [4.69, 9.17) is 9.47 Å². The number of nitrogens with zero attached hydrogens (tertiary/aromatic N) is 1. The van der Waals surface area contributed by atoms with Crippen molar-refractivity contribution in [2.24, 2.45) is 0 Å². The Kier molecular flexibility index (Phi) is 8.22. The van der Waals surface area contributed by atoms with Gasteiger partial charge < -0.3 is 14.8 Å². The number of aromatic nitrogens is 1. The van der Waals surface area contributed by atoms with Gasteiger partial charge in [0, 0.05) is 25.4 Å². The van der Waals surface area contributed by atoms with Crippen molar-refractivity contribution in [2.75, 3.05) is 20.3 Å². The number of nitrogens with one attached hydrogen (secondary N) is 2. The number of hydrogen-bond acceptors (Lipinski definition) is 8. The Morgan fingerprint density at radius 1 is 1.00 bits per heavy atom. The summed E-state index contributed by atoms with van der Waals surface area (Å²) in [4.78, 5) is 39.7. The van der Waals surface area contributed by atoms with Crippen molar-refractivity contribution in [1.29, 1.82) is 0 Å². The first kappa shape index (κ1) is 24.0. The SMILES string of the molecule is COCCNC(=O)c1ccc(S(=O)(=O)NC(=O)c2ccc(C(=O)OC(C)C)nc2)cc1. The lowest BCUT2D eigenvalue weighted by molar-refractivity contribution is 0.0370. The van der Waals surface area contributed by atoms with Gasteiger partial charge in [-0.3, -0.25) is 9.59 Å². The molecular weight excluding hydrogens is 426 g/mol. The maximum Gasteiger partial charge on any atom is 0.357 e. The van der Waals surface area contributed by atoms with Crippen molar-refractivity contribution in [3.8, 4) is 0 Å². The molecule has 0 bridgehead atoms. The Morgan fingerprint density at radius 3 is 2.19 bits per heavy atom. The van der Waals surface area contributed by atoms with Crippen molar-refractivity contribution >= 4 is 27.8 Å². The molecule has 0 radical (unpaired) electrons. The molecule has 1 aromatic heterocycles. The summed E-state index contributed by atoms with van der Waals surface area (Å²) in [7, 11) is -2.68. The summed E-state index contributed by atoms with van der Waals surface area (Å²) in [6.07, 6.45) is 0.750. The van der Waals surface area contributed by atoms with Crippen LogP contribution >= 0.6 is 0 Å². The lowest BCUT2D eigenvalue weighted by Gasteiger charge is -2.09. The van der Waals surface area contributed by atoms with E-state index in [2.05, 4.69) is 10.3 Å². The highest BCUT2D eigenvalue weighted by atomic mass is 32.2. The number of methoxy groups -OCH3 is 1. The highest BCUT2D eigenvalue weighted by Crippen LogP contribution is 2.12. The van der Waals surface area contributed by atoms with E-state index < -0.39 is 21.9 Å². The second-order valence-corrected chi connectivity index (χ2v) is 8.28. The van der Waals surface area contributed by atoms with Gasteiger partial charge in [-0.15, -0.1) is 0 Å². The van der Waals surface area contributed by atoms with Crippen LogP contribution in [0, 0.1) is 0 Å². The minimum atomic E-state index is -4.18. The van der Waals surface area contributed by atoms with Crippen LogP contribution in [0.5, 0.6) is 0 Å². The van der Waals surface area contributed by atoms with Crippen molar-refractivity contribution in [3.05, 3.63) is 59.4 Å². The van der Waals surface area contributed by atoms with Crippen molar-refractivity contribution < 1.29 is 32.3 Å². The minimum Gasteiger partial charge on any atom is -0.458 e. The first-order valence-electron chi connectivity index (χ1n) is 9.25. The summed E-state index contributed by atoms with van der Waals surface area (Å²) in [6.45, 7) is 4.03. The number of amides is 2. The number of ether oxygens (including phenoxy) is 2. The maximum absolute atomic E-state index is 12.5. The predicted molar refractivity (Wildman–Crippen MR) is 110 cm³/mol. The summed E-state index contributed by atoms with van der Waals surface area (Å²) < 4.78 is 36.7. The van der Waals surface area contributed by atoms with Crippen LogP contribution in [-0.2, 0) is 19.5 Å². The number of sulfonamides is 1. The third kappa shape index (κ3) is 6.86. The first-order valence-corrected chi connectivity index (χ1v) is 10.7. The summed E-state index contributed by atoms with van der Waals surface area (Å²) in [6, 6.07) is 7.62. The van der Waals surface area contributed by atoms with E-state index in [0.717, 1.165) is 6.20 Å². The van der Waals surface area contributed by atoms with Gasteiger partial charge in [-0.05, 0) is 50.2 Å². The largest absolute Gasteiger partial charge is 0.458 e. The lowest BCUT2D eigenvalue weighted by Crippen LogP contribution is -2.31. The number of carbonyl (C=O) groups is 3. The highest BCUT2D eigenvalue weighted by molar-refractivity contribution is 7.90. The third-order valence-electron chi connectivity index (χ3n) is 3.82. The Hall–Kier alpha value is -3.31. The molecule has 166 valence electrons. The van der Waals surface area contributed by atoms with Crippen LogP contribution in [0.2, 0.25) is 0 Å². The number of esters is 1. The zero-order valence-corrected chi connectivity index (χ0v) is 18.1. The van der Waals surface area contributed by atoms with Gasteiger partial charge in [0.1, 0.15) is 5.69 Å². The number of rotatable bonds is 9. The zero-order chi connectivity index (χ0) is 23.0. The molecule has 0 aliphatic carbocycles. The normalized spacial score (nSPS) is 11.1. The van der Waals surface area contributed by atoms with Crippen LogP contribution in [0.15, 0.2) is 47.5 Å². The molecule has 0 fully saturated rings. The van der Waals surface area contributed by atoms with Gasteiger partial charge in [0.2, 0.25) is 0 Å². The molecule has 31 heavy (non-hydrogen) atoms. The van der Waals surface area contributed by atoms with Crippen LogP contribution in [0.3, 0.4) is 0 Å². The minimum absolute atomic E-state index is 0.00697. The second-order valence-electron chi connectivity index (χ2n) is 6.59. The quantitative estimate of drug-likeness (QED) is 0.429. The monoisotopic (exact) mass is 449 g/mol. The van der Waals surface area contributed by atoms with Gasteiger partial charge >= 0.3 is 5.97 Å². The number of benzene rings is 1. The van der Waals surface area contributed by atoms with Crippen LogP contribution < -0.4 is 10.0 Å². The average molecular weight is 449 g/mol. The summed E-state index contributed by atoms with van der Waals surface area (Å²) in [5.74, 6) is -1.95. The van der Waals surface area contributed by atoms with Crippen molar-refractivity contribution in [3.63, 3.8) is 0 Å². The van der Waals surface area contributed by atoms with Gasteiger partial charge in [-0.1, -0.05) is 0 Å². The average Bonchev–Trinajstić information content (AvgIpc) is 2.73. The molecule has 1 heterocycles. The molecule has 0 unspecified atom stereocenters. The van der Waals surface area contributed by atoms with E-state index >= 15 is 0 Å². The molecule has 11 heteroatoms. The Bertz CT molecular complexity index is 1030. The molecule has 2 N–H and O–H groups in total. The van der Waals surface area contributed by atoms with E-state index in [1.165, 1.54) is 43.5 Å². The van der Waals surface area contributed by atoms with Gasteiger partial charge in [-0.25, -0.2) is 22.9 Å². The fraction of sp³-hybridized carbons (Fsp3) is 0.300. The standard InChI is InChI=1S/C20H23N3O7S/c1-13(2)30-20(26)17-9-6-15(12-22-17)19(25)23-31(27,28)16-7-4-14(5-8-16)18(24)21-10-11-29-3/h4-9,12-13H,10-11H2,1-3H3,(H,21,24)(H,23,25). The molecule has 2 amide bonds. The van der Waals surface area contributed by atoms with E-state index in [1.54, 1.807) is 13.8 Å². The maximum atomic E-state index is 12.5. The Labute approximate surface area is 180 Å². The Balaban J connectivity index is 2.05. The molecule has 10 nitrogen and oxygen atoms in total. The van der Waals surface area contributed by atoms with Gasteiger partial charge in [0.05, 0.1) is 23.2 Å². The molecule has 0 saturated carbocycles. The topological polar surface area (TPSA) is 141 Å². The molecule has 2 rings (SSSR count). The van der Waals surface area contributed by atoms with Gasteiger partial charge in [0.15, 0.2) is 0 Å². The molecule has 0 spiro atoms. The predicted octanol–water partition coefficient (Wildman–Crippen LogP) is 1.14. The van der Waals surface area contributed by atoms with Crippen LogP contribution in [0.25, 0.3) is 0 Å². The summed E-state index contributed by atoms with van der Waals surface area (Å²) >= 11 is 0. The fourth-order valence-electron chi connectivity index (χ4n) is 2.32. The molecule has 0 saturated heterocycles. The van der Waals surface area contributed by atoms with E-state index in [9.17, 15) is 22.8 Å². The van der Waals surface area contributed by atoms with Crippen molar-refractivity contribution in [2.45, 2.75) is 24.8 Å². The van der Waals surface area contributed by atoms with Crippen molar-refractivity contribution in [1.82, 2.24) is 15.0 Å². The number of carbonyl (C=O) groups excluding carboxylic acids is 3. The summed E-state index contributed by atoms with van der Waals surface area (Å²) in [5, 5.41) is 2.61. The molecule has 2 aromatic rings. The van der Waals surface area contributed by atoms with Crippen LogP contribution in [0.1, 0.15) is 45.1 Å². The first-order chi connectivity index (χ1) is 14.6. The van der Waals surface area contributed by atoms with Gasteiger partial charge in [0.25, 0.3) is 21.8 Å². The molecule has 0 aliphatic rings. The van der Waals surface area contributed by atoms with E-state index in [0.29, 0.717) is 13.2 Å². The second kappa shape index (κ2) is 10.6. The molecular formula is C20H23N3O7S. The van der Waals surface area contributed by atoms with Gasteiger partial charge in [-0.2, -0.15) is 0 Å². The van der Waals surface area contributed by atoms with E-state index in [1.807, 2.05) is 4.72 Å². The third-order valence-corrected chi connectivity index (χ3v) is 5.17. The zero-order valence-electron chi connectivity index (χ0n) is 17.2. The molecule has 0 aliphatic heterocycles.